The fraction of sp³-hybridized carbons (Fsp3) is 0.769. The van der Waals surface area contributed by atoms with Crippen molar-refractivity contribution in [1.29, 1.82) is 0 Å². The highest BCUT2D eigenvalue weighted by Gasteiger charge is 2.66. The Morgan fingerprint density at radius 2 is 1.64 bits per heavy atom. The molecule has 9 heteroatoms. The fourth-order valence-corrected chi connectivity index (χ4v) is 15.7. The number of aliphatic carboxylic acids is 1. The molecule has 6 aliphatic rings. The number of hydrogen-bond acceptors (Lipinski definition) is 6. The van der Waals surface area contributed by atoms with Gasteiger partial charge in [0.1, 0.15) is 5.78 Å². The summed E-state index contributed by atoms with van der Waals surface area (Å²) in [6, 6.07) is 7.04. The quantitative estimate of drug-likeness (QED) is 0.121. The molecular weight excluding hydrogens is 782 g/mol. The molecule has 12 unspecified atom stereocenters. The van der Waals surface area contributed by atoms with Gasteiger partial charge in [0.05, 0.1) is 5.92 Å². The largest absolute Gasteiger partial charge is 0.481 e. The molecule has 61 heavy (non-hydrogen) atoms. The summed E-state index contributed by atoms with van der Waals surface area (Å²) in [7, 11) is 0. The molecule has 0 bridgehead atoms. The summed E-state index contributed by atoms with van der Waals surface area (Å²) in [5, 5.41) is 17.3. The molecule has 8 nitrogen and oxygen atoms in total. The first kappa shape index (κ1) is 46.4. The van der Waals surface area contributed by atoms with Gasteiger partial charge < -0.3 is 21.5 Å². The Morgan fingerprint density at radius 3 is 2.30 bits per heavy atom. The number of benzene rings is 1. The maximum Gasteiger partial charge on any atom is 0.306 e. The van der Waals surface area contributed by atoms with Crippen LogP contribution in [-0.2, 0) is 14.4 Å². The van der Waals surface area contributed by atoms with Crippen LogP contribution in [0.15, 0.2) is 35.4 Å². The molecule has 5 saturated carbocycles. The summed E-state index contributed by atoms with van der Waals surface area (Å²) in [6.07, 6.45) is 14.5. The number of carbonyl (C=O) groups excluding carboxylic acids is 3. The van der Waals surface area contributed by atoms with Crippen molar-refractivity contribution in [3.8, 4) is 0 Å². The van der Waals surface area contributed by atoms with Gasteiger partial charge in [0.15, 0.2) is 5.78 Å². The van der Waals surface area contributed by atoms with Crippen molar-refractivity contribution >= 4 is 35.0 Å². The number of amides is 1. The minimum Gasteiger partial charge on any atom is -0.481 e. The number of Topliss-reactive ketones (excluding diaryl/α,β-unsaturated/α-hetero) is 2. The maximum atomic E-state index is 14.2. The Labute approximate surface area is 372 Å². The van der Waals surface area contributed by atoms with Crippen molar-refractivity contribution in [2.24, 2.45) is 80.7 Å². The van der Waals surface area contributed by atoms with E-state index in [1.54, 1.807) is 24.3 Å². The maximum absolute atomic E-state index is 14.2. The monoisotopic (exact) mass is 860 g/mol. The van der Waals surface area contributed by atoms with Crippen LogP contribution in [0.1, 0.15) is 162 Å². The molecule has 0 saturated heterocycles. The number of unbranched alkanes of at least 4 members (excludes halogenated alkanes) is 1. The average molecular weight is 861 g/mol. The molecule has 1 aromatic carbocycles. The summed E-state index contributed by atoms with van der Waals surface area (Å²) in [5.74, 6) is 2.00. The second kappa shape index (κ2) is 17.4. The molecule has 1 aromatic rings. The van der Waals surface area contributed by atoms with E-state index in [1.165, 1.54) is 31.3 Å². The van der Waals surface area contributed by atoms with Crippen molar-refractivity contribution in [2.45, 2.75) is 157 Å². The first-order valence-corrected chi connectivity index (χ1v) is 24.6. The molecule has 5 N–H and O–H groups in total. The van der Waals surface area contributed by atoms with E-state index in [0.29, 0.717) is 84.1 Å². The van der Waals surface area contributed by atoms with Crippen molar-refractivity contribution in [3.63, 3.8) is 0 Å². The number of halogens is 1. The number of nitrogens with one attached hydrogen (secondary N) is 2. The molecule has 0 spiro atoms. The fourth-order valence-electron chi connectivity index (χ4n) is 15.6. The topological polar surface area (TPSA) is 139 Å². The number of ketones is 2. The van der Waals surface area contributed by atoms with Gasteiger partial charge in [0.25, 0.3) is 5.91 Å². The van der Waals surface area contributed by atoms with Crippen LogP contribution in [-0.4, -0.2) is 53.7 Å². The van der Waals surface area contributed by atoms with E-state index >= 15 is 0 Å². The zero-order valence-electron chi connectivity index (χ0n) is 38.8. The predicted octanol–water partition coefficient (Wildman–Crippen LogP) is 10.5. The number of fused-ring (bicyclic) bond motifs is 7. The number of carbonyl (C=O) groups is 4. The first-order chi connectivity index (χ1) is 28.7. The summed E-state index contributed by atoms with van der Waals surface area (Å²) in [5.41, 5.74) is 9.02. The Morgan fingerprint density at radius 1 is 0.934 bits per heavy atom. The minimum absolute atomic E-state index is 0.0408. The van der Waals surface area contributed by atoms with Gasteiger partial charge in [-0.3, -0.25) is 19.2 Å². The van der Waals surface area contributed by atoms with Crippen molar-refractivity contribution in [3.05, 3.63) is 46.0 Å². The second-order valence-corrected chi connectivity index (χ2v) is 23.4. The van der Waals surface area contributed by atoms with E-state index in [0.717, 1.165) is 63.5 Å². The molecular formula is C52H78ClN3O5. The molecule has 12 atom stereocenters. The number of carboxylic acids is 1. The smallest absolute Gasteiger partial charge is 0.306 e. The second-order valence-electron chi connectivity index (χ2n) is 22.9. The molecule has 0 aromatic heterocycles. The number of carboxylic acid groups (broad SMARTS) is 1. The average Bonchev–Trinajstić information content (AvgIpc) is 3.49. The molecule has 0 radical (unpaired) electrons. The van der Waals surface area contributed by atoms with Crippen LogP contribution in [0, 0.1) is 74.9 Å². The van der Waals surface area contributed by atoms with Gasteiger partial charge in [-0.2, -0.15) is 0 Å². The van der Waals surface area contributed by atoms with E-state index in [2.05, 4.69) is 59.1 Å². The normalized spacial score (nSPS) is 37.5. The lowest BCUT2D eigenvalue weighted by molar-refractivity contribution is -0.193. The van der Waals surface area contributed by atoms with Crippen molar-refractivity contribution in [1.82, 2.24) is 10.6 Å². The lowest BCUT2D eigenvalue weighted by atomic mass is 9.35. The van der Waals surface area contributed by atoms with Crippen molar-refractivity contribution < 1.29 is 24.3 Å². The van der Waals surface area contributed by atoms with Gasteiger partial charge in [-0.25, -0.2) is 0 Å². The summed E-state index contributed by atoms with van der Waals surface area (Å²) in [4.78, 5) is 52.9. The Kier molecular flexibility index (Phi) is 13.3. The lowest BCUT2D eigenvalue weighted by Crippen LogP contribution is -2.62. The van der Waals surface area contributed by atoms with Gasteiger partial charge in [-0.05, 0) is 191 Å². The van der Waals surface area contributed by atoms with Gasteiger partial charge in [-0.1, -0.05) is 65.6 Å². The van der Waals surface area contributed by atoms with E-state index in [4.69, 9.17) is 17.3 Å². The molecule has 6 aliphatic carbocycles. The zero-order chi connectivity index (χ0) is 44.3. The number of allylic oxidation sites excluding steroid dienone is 2. The van der Waals surface area contributed by atoms with E-state index < -0.39 is 11.5 Å². The third-order valence-electron chi connectivity index (χ3n) is 18.9. The standard InChI is InChI=1S/C52H78ClN3O5/c1-31(2)44-41(58)29-52(24-26-55-30-49(6,20-9-10-25-54)56-46(59)33-11-13-35(53)14-12-33)23-18-39-36(45(44)52)15-16-43-50(39,7)22-19-42-48(4,5)34(17-21-51(42,43)8)27-40(57)37-28-38(32(37)3)47(60)61/h11-14,31-32,34,36-39,42-43,55H,9-10,15-30,54H2,1-8H3,(H,56,59)(H,60,61). The SMILES string of the molecule is CC(C)C1=C2C3CCC4C(C)(CCC5C(C)(C)C(CC(=O)C6CC(C(=O)O)C6C)CCC54C)C3CCC2(CCNCC(C)(CCCCN)NC(=O)c2ccc(Cl)cc2)CC1=O. The number of hydrogen-bond donors (Lipinski definition) is 4. The van der Waals surface area contributed by atoms with Crippen molar-refractivity contribution in [2.75, 3.05) is 19.6 Å². The number of rotatable bonds is 16. The highest BCUT2D eigenvalue weighted by molar-refractivity contribution is 6.30. The predicted molar refractivity (Wildman–Crippen MR) is 244 cm³/mol. The highest BCUT2D eigenvalue weighted by atomic mass is 35.5. The summed E-state index contributed by atoms with van der Waals surface area (Å²) in [6.45, 7) is 20.8. The number of nitrogens with two attached hydrogens (primary N) is 1. The Hall–Kier alpha value is -2.55. The van der Waals surface area contributed by atoms with Crippen LogP contribution >= 0.6 is 11.6 Å². The van der Waals surface area contributed by atoms with Gasteiger partial charge in [-0.15, -0.1) is 0 Å². The summed E-state index contributed by atoms with van der Waals surface area (Å²) >= 11 is 6.11. The molecule has 7 rings (SSSR count). The van der Waals surface area contributed by atoms with Gasteiger partial charge >= 0.3 is 5.97 Å². The lowest BCUT2D eigenvalue weighted by Gasteiger charge is -2.69. The highest BCUT2D eigenvalue weighted by Crippen LogP contribution is 2.74. The molecule has 1 amide bonds. The van der Waals surface area contributed by atoms with Crippen LogP contribution in [0.4, 0.5) is 0 Å². The van der Waals surface area contributed by atoms with Crippen LogP contribution in [0.3, 0.4) is 0 Å². The van der Waals surface area contributed by atoms with Crippen LogP contribution in [0.5, 0.6) is 0 Å². The minimum atomic E-state index is -0.759. The molecule has 0 aliphatic heterocycles. The van der Waals surface area contributed by atoms with E-state index in [1.807, 2.05) is 6.92 Å². The zero-order valence-corrected chi connectivity index (χ0v) is 39.5. The first-order valence-electron chi connectivity index (χ1n) is 24.2. The third kappa shape index (κ3) is 8.35. The third-order valence-corrected chi connectivity index (χ3v) is 19.2. The van der Waals surface area contributed by atoms with Crippen LogP contribution in [0.2, 0.25) is 5.02 Å². The van der Waals surface area contributed by atoms with E-state index in [-0.39, 0.29) is 51.2 Å². The van der Waals surface area contributed by atoms with Crippen LogP contribution in [0.25, 0.3) is 0 Å². The molecule has 5 fully saturated rings. The molecule has 338 valence electrons. The van der Waals surface area contributed by atoms with Gasteiger partial charge in [0.2, 0.25) is 0 Å². The summed E-state index contributed by atoms with van der Waals surface area (Å²) < 4.78 is 0. The van der Waals surface area contributed by atoms with E-state index in [9.17, 15) is 24.3 Å². The van der Waals surface area contributed by atoms with Crippen LogP contribution < -0.4 is 16.4 Å². The Balaban J connectivity index is 1.05. The van der Waals surface area contributed by atoms with Gasteiger partial charge in [0, 0.05) is 46.8 Å². The Bertz CT molecular complexity index is 1880. The molecule has 0 heterocycles.